The summed E-state index contributed by atoms with van der Waals surface area (Å²) in [6.07, 6.45) is 3.41. The van der Waals surface area contributed by atoms with E-state index in [-0.39, 0.29) is 0 Å². The van der Waals surface area contributed by atoms with Crippen molar-refractivity contribution in [2.75, 3.05) is 19.6 Å². The topological polar surface area (TPSA) is 36.4 Å². The normalized spacial score (nSPS) is 15.3. The largest absolute Gasteiger partial charge is 0.356 e. The van der Waals surface area contributed by atoms with E-state index in [0.717, 1.165) is 32.0 Å². The molecule has 2 aromatic rings. The summed E-state index contributed by atoms with van der Waals surface area (Å²) >= 11 is 0. The molecule has 104 valence electrons. The summed E-state index contributed by atoms with van der Waals surface area (Å²) in [5.74, 6) is 0.961. The van der Waals surface area contributed by atoms with Gasteiger partial charge in [0.05, 0.1) is 0 Å². The van der Waals surface area contributed by atoms with Gasteiger partial charge in [0, 0.05) is 19.6 Å². The predicted octanol–water partition coefficient (Wildman–Crippen LogP) is 2.71. The average molecular weight is 267 g/mol. The summed E-state index contributed by atoms with van der Waals surface area (Å²) in [7, 11) is 0. The summed E-state index contributed by atoms with van der Waals surface area (Å²) < 4.78 is 0. The molecule has 2 N–H and O–H groups in total. The van der Waals surface area contributed by atoms with E-state index in [1.807, 2.05) is 0 Å². The van der Waals surface area contributed by atoms with Crippen molar-refractivity contribution in [2.45, 2.75) is 19.3 Å². The molecule has 0 saturated carbocycles. The van der Waals surface area contributed by atoms with Gasteiger partial charge in [-0.1, -0.05) is 42.5 Å². The number of nitrogens with one attached hydrogen (secondary N) is 2. The van der Waals surface area contributed by atoms with Crippen LogP contribution in [0, 0.1) is 0 Å². The molecule has 3 nitrogen and oxygen atoms in total. The number of rotatable bonds is 3. The molecule has 0 spiro atoms. The highest BCUT2D eigenvalue weighted by Crippen LogP contribution is 2.15. The molecule has 0 unspecified atom stereocenters. The maximum absolute atomic E-state index is 4.50. The third-order valence-corrected chi connectivity index (χ3v) is 3.67. The lowest BCUT2D eigenvalue weighted by Gasteiger charge is -2.10. The molecular weight excluding hydrogens is 246 g/mol. The van der Waals surface area contributed by atoms with E-state index in [1.54, 1.807) is 0 Å². The van der Waals surface area contributed by atoms with E-state index >= 15 is 0 Å². The molecule has 0 atom stereocenters. The second-order valence-corrected chi connectivity index (χ2v) is 5.22. The van der Waals surface area contributed by atoms with Crippen LogP contribution in [0.5, 0.6) is 0 Å². The zero-order chi connectivity index (χ0) is 13.6. The molecule has 3 heteroatoms. The van der Waals surface area contributed by atoms with E-state index in [4.69, 9.17) is 0 Å². The van der Waals surface area contributed by atoms with Gasteiger partial charge in [0.15, 0.2) is 5.96 Å². The van der Waals surface area contributed by atoms with Gasteiger partial charge >= 0.3 is 0 Å². The fourth-order valence-corrected chi connectivity index (χ4v) is 2.53. The standard InChI is InChI=1S/C17H21N3/c1-2-6-16-13-14(7-8-15(16)5-1)9-12-20-17-18-10-3-4-11-19-17/h1-2,5-8,13H,3-4,9-12H2,(H2,18,19,20). The molecular formula is C17H21N3. The Balaban J connectivity index is 1.58. The molecule has 0 saturated heterocycles. The highest BCUT2D eigenvalue weighted by atomic mass is 15.2. The van der Waals surface area contributed by atoms with Crippen LogP contribution >= 0.6 is 0 Å². The van der Waals surface area contributed by atoms with E-state index in [2.05, 4.69) is 58.1 Å². The summed E-state index contributed by atoms with van der Waals surface area (Å²) in [5, 5.41) is 9.35. The van der Waals surface area contributed by atoms with Gasteiger partial charge < -0.3 is 10.6 Å². The van der Waals surface area contributed by atoms with E-state index in [1.165, 1.54) is 29.2 Å². The zero-order valence-corrected chi connectivity index (χ0v) is 11.7. The minimum absolute atomic E-state index is 0.921. The summed E-state index contributed by atoms with van der Waals surface area (Å²) in [4.78, 5) is 4.50. The lowest BCUT2D eigenvalue weighted by Crippen LogP contribution is -2.38. The van der Waals surface area contributed by atoms with Crippen LogP contribution in [0.4, 0.5) is 0 Å². The molecule has 0 aromatic heterocycles. The molecule has 1 aliphatic rings. The molecule has 0 amide bonds. The van der Waals surface area contributed by atoms with Crippen molar-refractivity contribution in [3.05, 3.63) is 48.0 Å². The van der Waals surface area contributed by atoms with Gasteiger partial charge in [-0.2, -0.15) is 0 Å². The van der Waals surface area contributed by atoms with E-state index in [9.17, 15) is 0 Å². The highest BCUT2D eigenvalue weighted by Gasteiger charge is 2.02. The minimum atomic E-state index is 0.921. The van der Waals surface area contributed by atoms with Crippen LogP contribution in [0.3, 0.4) is 0 Å². The second-order valence-electron chi connectivity index (χ2n) is 5.22. The molecule has 20 heavy (non-hydrogen) atoms. The number of hydrogen-bond donors (Lipinski definition) is 2. The Kier molecular flexibility index (Phi) is 4.16. The maximum Gasteiger partial charge on any atom is 0.191 e. The van der Waals surface area contributed by atoms with Crippen molar-refractivity contribution in [2.24, 2.45) is 4.99 Å². The second kappa shape index (κ2) is 6.42. The Labute approximate surface area is 120 Å². The molecule has 2 aromatic carbocycles. The summed E-state index contributed by atoms with van der Waals surface area (Å²) in [6, 6.07) is 15.2. The number of fused-ring (bicyclic) bond motifs is 1. The van der Waals surface area contributed by atoms with Crippen LogP contribution in [0.1, 0.15) is 18.4 Å². The Hall–Kier alpha value is -2.03. The van der Waals surface area contributed by atoms with Crippen molar-refractivity contribution in [3.63, 3.8) is 0 Å². The van der Waals surface area contributed by atoms with Crippen molar-refractivity contribution >= 4 is 16.7 Å². The van der Waals surface area contributed by atoms with Crippen molar-refractivity contribution in [1.82, 2.24) is 10.6 Å². The van der Waals surface area contributed by atoms with E-state index in [0.29, 0.717) is 0 Å². The number of hydrogen-bond acceptors (Lipinski definition) is 3. The van der Waals surface area contributed by atoms with Crippen LogP contribution in [0.2, 0.25) is 0 Å². The van der Waals surface area contributed by atoms with E-state index < -0.39 is 0 Å². The monoisotopic (exact) mass is 267 g/mol. The molecule has 1 aliphatic heterocycles. The van der Waals surface area contributed by atoms with Gasteiger partial charge in [-0.25, -0.2) is 0 Å². The fraction of sp³-hybridized carbons (Fsp3) is 0.353. The van der Waals surface area contributed by atoms with Gasteiger partial charge in [0.25, 0.3) is 0 Å². The Morgan fingerprint density at radius 1 is 1.05 bits per heavy atom. The molecule has 3 rings (SSSR count). The van der Waals surface area contributed by atoms with Crippen LogP contribution in [0.25, 0.3) is 10.8 Å². The Morgan fingerprint density at radius 2 is 1.95 bits per heavy atom. The summed E-state index contributed by atoms with van der Waals surface area (Å²) in [5.41, 5.74) is 1.37. The first kappa shape index (κ1) is 13.0. The minimum Gasteiger partial charge on any atom is -0.356 e. The first-order valence-corrected chi connectivity index (χ1v) is 7.42. The van der Waals surface area contributed by atoms with Crippen LogP contribution in [0.15, 0.2) is 47.5 Å². The fourth-order valence-electron chi connectivity index (χ4n) is 2.53. The predicted molar refractivity (Wildman–Crippen MR) is 85.2 cm³/mol. The van der Waals surface area contributed by atoms with Gasteiger partial charge in [-0.3, -0.25) is 4.99 Å². The van der Waals surface area contributed by atoms with Crippen molar-refractivity contribution < 1.29 is 0 Å². The lowest BCUT2D eigenvalue weighted by molar-refractivity contribution is 0.741. The first-order valence-electron chi connectivity index (χ1n) is 7.42. The highest BCUT2D eigenvalue weighted by molar-refractivity contribution is 5.83. The number of benzene rings is 2. The zero-order valence-electron chi connectivity index (χ0n) is 11.7. The average Bonchev–Trinajstić information content (AvgIpc) is 2.76. The third kappa shape index (κ3) is 3.29. The van der Waals surface area contributed by atoms with Crippen molar-refractivity contribution in [1.29, 1.82) is 0 Å². The molecule has 0 bridgehead atoms. The molecule has 1 heterocycles. The van der Waals surface area contributed by atoms with Crippen molar-refractivity contribution in [3.8, 4) is 0 Å². The van der Waals surface area contributed by atoms with Gasteiger partial charge in [-0.05, 0) is 35.6 Å². The molecule has 0 fully saturated rings. The molecule has 0 aliphatic carbocycles. The summed E-state index contributed by atoms with van der Waals surface area (Å²) in [6.45, 7) is 2.89. The SMILES string of the molecule is c1ccc2cc(CCNC3=NCCCCN3)ccc2c1. The lowest BCUT2D eigenvalue weighted by atomic mass is 10.1. The van der Waals surface area contributed by atoms with Gasteiger partial charge in [0.2, 0.25) is 0 Å². The van der Waals surface area contributed by atoms with Gasteiger partial charge in [0.1, 0.15) is 0 Å². The van der Waals surface area contributed by atoms with Crippen LogP contribution in [-0.4, -0.2) is 25.6 Å². The Morgan fingerprint density at radius 3 is 2.90 bits per heavy atom. The van der Waals surface area contributed by atoms with Gasteiger partial charge in [-0.15, -0.1) is 0 Å². The smallest absolute Gasteiger partial charge is 0.191 e. The quantitative estimate of drug-likeness (QED) is 0.897. The number of nitrogens with zero attached hydrogens (tertiary/aromatic N) is 1. The molecule has 0 radical (unpaired) electrons. The van der Waals surface area contributed by atoms with Crippen LogP contribution in [-0.2, 0) is 6.42 Å². The third-order valence-electron chi connectivity index (χ3n) is 3.67. The Bertz CT molecular complexity index is 604. The van der Waals surface area contributed by atoms with Crippen LogP contribution < -0.4 is 10.6 Å². The number of guanidine groups is 1. The maximum atomic E-state index is 4.50. The number of aliphatic imine (C=N–C) groups is 1. The first-order chi connectivity index (χ1) is 9.92.